The third kappa shape index (κ3) is 2.95. The van der Waals surface area contributed by atoms with E-state index in [2.05, 4.69) is 110 Å². The Balaban J connectivity index is 2.02. The highest BCUT2D eigenvalue weighted by atomic mass is 79.9. The van der Waals surface area contributed by atoms with Crippen molar-refractivity contribution in [2.45, 2.75) is 52.4 Å². The van der Waals surface area contributed by atoms with Gasteiger partial charge in [0.2, 0.25) is 0 Å². The van der Waals surface area contributed by atoms with Crippen LogP contribution in [-0.4, -0.2) is 0 Å². The molecule has 2 heterocycles. The molecule has 4 heteroatoms. The van der Waals surface area contributed by atoms with Gasteiger partial charge in [0.25, 0.3) is 0 Å². The van der Waals surface area contributed by atoms with Crippen LogP contribution in [0.4, 0.5) is 0 Å². The first-order valence-corrected chi connectivity index (χ1v) is 14.1. The minimum Gasteiger partial charge on any atom is -0.128 e. The van der Waals surface area contributed by atoms with Crippen LogP contribution < -0.4 is 0 Å². The molecule has 0 aliphatic carbocycles. The Morgan fingerprint density at radius 3 is 1.19 bits per heavy atom. The van der Waals surface area contributed by atoms with Crippen LogP contribution >= 0.6 is 54.5 Å². The first-order valence-electron chi connectivity index (χ1n) is 10.9. The SMILES string of the molecule is CC(C)(C)c1cc2c3cc(Br)sc3c3cc(C(C)(C)C)cc4c5cc(Br)sc5c(c1)c2c43. The zero-order chi connectivity index (χ0) is 22.7. The fourth-order valence-corrected chi connectivity index (χ4v) is 8.27. The fourth-order valence-electron chi connectivity index (χ4n) is 4.99. The summed E-state index contributed by atoms with van der Waals surface area (Å²) in [4.78, 5) is 0. The molecule has 0 fully saturated rings. The Bertz CT molecular complexity index is 1470. The summed E-state index contributed by atoms with van der Waals surface area (Å²) < 4.78 is 5.18. The van der Waals surface area contributed by atoms with E-state index in [1.165, 1.54) is 71.2 Å². The standard InChI is InChI=1S/C28H24Br2S2/c1-27(2,3)13-7-15-17-11-21(29)32-26(17)20-10-14(28(4,5)6)8-16-18-12-22(30)31-25(18)19(9-13)23(15)24(16)20/h7-12H,1-6H3. The van der Waals surface area contributed by atoms with E-state index in [-0.39, 0.29) is 10.8 Å². The molecule has 0 atom stereocenters. The van der Waals surface area contributed by atoms with Crippen molar-refractivity contribution in [3.8, 4) is 0 Å². The van der Waals surface area contributed by atoms with Gasteiger partial charge >= 0.3 is 0 Å². The highest BCUT2D eigenvalue weighted by molar-refractivity contribution is 9.11. The number of halogens is 2. The maximum absolute atomic E-state index is 3.81. The largest absolute Gasteiger partial charge is 0.128 e. The fraction of sp³-hybridized carbons (Fsp3) is 0.286. The second-order valence-corrected chi connectivity index (χ2v) is 15.8. The first kappa shape index (κ1) is 21.3. The molecule has 0 nitrogen and oxygen atoms in total. The van der Waals surface area contributed by atoms with Gasteiger partial charge in [-0.15, -0.1) is 22.7 Å². The van der Waals surface area contributed by atoms with Gasteiger partial charge in [-0.2, -0.15) is 0 Å². The summed E-state index contributed by atoms with van der Waals surface area (Å²) >= 11 is 11.3. The topological polar surface area (TPSA) is 0 Å². The molecule has 0 saturated carbocycles. The van der Waals surface area contributed by atoms with Crippen molar-refractivity contribution in [3.63, 3.8) is 0 Å². The molecule has 4 aromatic carbocycles. The van der Waals surface area contributed by atoms with Crippen LogP contribution in [0.3, 0.4) is 0 Å². The summed E-state index contributed by atoms with van der Waals surface area (Å²) in [6, 6.07) is 14.5. The monoisotopic (exact) mass is 582 g/mol. The van der Waals surface area contributed by atoms with Gasteiger partial charge in [-0.1, -0.05) is 41.5 Å². The Hall–Kier alpha value is -1.20. The molecule has 2 aromatic heterocycles. The smallest absolute Gasteiger partial charge is 0.0711 e. The average molecular weight is 584 g/mol. The van der Waals surface area contributed by atoms with Crippen molar-refractivity contribution in [1.29, 1.82) is 0 Å². The quantitative estimate of drug-likeness (QED) is 0.156. The van der Waals surface area contributed by atoms with Crippen LogP contribution in [0.2, 0.25) is 0 Å². The van der Waals surface area contributed by atoms with Gasteiger partial charge in [-0.05, 0) is 112 Å². The number of benzene rings is 4. The Labute approximate surface area is 213 Å². The summed E-state index contributed by atoms with van der Waals surface area (Å²) in [5.41, 5.74) is 2.97. The van der Waals surface area contributed by atoms with Gasteiger partial charge < -0.3 is 0 Å². The van der Waals surface area contributed by atoms with Crippen LogP contribution in [-0.2, 0) is 10.8 Å². The maximum Gasteiger partial charge on any atom is 0.0711 e. The van der Waals surface area contributed by atoms with Crippen LogP contribution in [0.1, 0.15) is 52.7 Å². The van der Waals surface area contributed by atoms with Crippen molar-refractivity contribution >= 4 is 107 Å². The van der Waals surface area contributed by atoms with E-state index in [0.29, 0.717) is 0 Å². The second kappa shape index (κ2) is 6.69. The molecule has 162 valence electrons. The van der Waals surface area contributed by atoms with E-state index in [1.807, 2.05) is 22.7 Å². The molecule has 0 spiro atoms. The Morgan fingerprint density at radius 2 is 0.844 bits per heavy atom. The first-order chi connectivity index (χ1) is 14.9. The van der Waals surface area contributed by atoms with Crippen LogP contribution in [0.15, 0.2) is 44.0 Å². The highest BCUT2D eigenvalue weighted by Gasteiger charge is 2.25. The summed E-state index contributed by atoms with van der Waals surface area (Å²) in [6.45, 7) is 13.9. The molecule has 0 amide bonds. The number of hydrogen-bond donors (Lipinski definition) is 0. The molecule has 6 rings (SSSR count). The van der Waals surface area contributed by atoms with Gasteiger partial charge in [0, 0.05) is 30.9 Å². The second-order valence-electron chi connectivity index (χ2n) is 11.0. The van der Waals surface area contributed by atoms with E-state index in [0.717, 1.165) is 0 Å². The molecule has 0 aliphatic heterocycles. The predicted molar refractivity (Wildman–Crippen MR) is 154 cm³/mol. The third-order valence-corrected chi connectivity index (χ3v) is 10.1. The van der Waals surface area contributed by atoms with Crippen molar-refractivity contribution in [1.82, 2.24) is 0 Å². The zero-order valence-corrected chi connectivity index (χ0v) is 23.8. The molecule has 0 aliphatic rings. The van der Waals surface area contributed by atoms with E-state index in [4.69, 9.17) is 0 Å². The summed E-state index contributed by atoms with van der Waals surface area (Å²) in [6.07, 6.45) is 0. The number of rotatable bonds is 0. The molecule has 0 radical (unpaired) electrons. The third-order valence-electron chi connectivity index (χ3n) is 6.73. The molecular weight excluding hydrogens is 560 g/mol. The number of fused-ring (bicyclic) bond motifs is 6. The lowest BCUT2D eigenvalue weighted by Crippen LogP contribution is -2.11. The van der Waals surface area contributed by atoms with Gasteiger partial charge in [0.1, 0.15) is 0 Å². The van der Waals surface area contributed by atoms with E-state index < -0.39 is 0 Å². The van der Waals surface area contributed by atoms with Gasteiger partial charge in [-0.3, -0.25) is 0 Å². The van der Waals surface area contributed by atoms with Crippen molar-refractivity contribution in [2.24, 2.45) is 0 Å². The lowest BCUT2D eigenvalue weighted by Gasteiger charge is -2.24. The lowest BCUT2D eigenvalue weighted by atomic mass is 9.80. The van der Waals surface area contributed by atoms with Crippen molar-refractivity contribution in [3.05, 3.63) is 55.1 Å². The summed E-state index contributed by atoms with van der Waals surface area (Å²) in [5.74, 6) is 0. The molecular formula is C28H24Br2S2. The van der Waals surface area contributed by atoms with E-state index in [9.17, 15) is 0 Å². The molecule has 0 unspecified atom stereocenters. The highest BCUT2D eigenvalue weighted by Crippen LogP contribution is 2.51. The van der Waals surface area contributed by atoms with Crippen LogP contribution in [0.5, 0.6) is 0 Å². The molecule has 0 saturated heterocycles. The summed E-state index contributed by atoms with van der Waals surface area (Å²) in [7, 11) is 0. The van der Waals surface area contributed by atoms with Gasteiger partial charge in [0.05, 0.1) is 7.57 Å². The minimum atomic E-state index is 0.0875. The molecule has 0 bridgehead atoms. The molecule has 6 aromatic rings. The van der Waals surface area contributed by atoms with Crippen LogP contribution in [0.25, 0.3) is 52.5 Å². The van der Waals surface area contributed by atoms with Crippen molar-refractivity contribution in [2.75, 3.05) is 0 Å². The summed E-state index contributed by atoms with van der Waals surface area (Å²) in [5, 5.41) is 11.1. The van der Waals surface area contributed by atoms with Gasteiger partial charge in [-0.25, -0.2) is 0 Å². The minimum absolute atomic E-state index is 0.0875. The van der Waals surface area contributed by atoms with E-state index in [1.54, 1.807) is 0 Å². The average Bonchev–Trinajstić information content (AvgIpc) is 3.27. The number of hydrogen-bond acceptors (Lipinski definition) is 2. The van der Waals surface area contributed by atoms with E-state index >= 15 is 0 Å². The lowest BCUT2D eigenvalue weighted by molar-refractivity contribution is 0.591. The Morgan fingerprint density at radius 1 is 0.500 bits per heavy atom. The molecule has 32 heavy (non-hydrogen) atoms. The Kier molecular flexibility index (Phi) is 4.46. The van der Waals surface area contributed by atoms with Gasteiger partial charge in [0.15, 0.2) is 0 Å². The van der Waals surface area contributed by atoms with Crippen molar-refractivity contribution < 1.29 is 0 Å². The number of thiophene rings is 2. The predicted octanol–water partition coefficient (Wildman–Crippen LogP) is 11.1. The maximum atomic E-state index is 3.81. The van der Waals surface area contributed by atoms with Crippen LogP contribution in [0, 0.1) is 0 Å². The molecule has 0 N–H and O–H groups in total. The normalized spacial score (nSPS) is 13.6. The zero-order valence-electron chi connectivity index (χ0n) is 19.0.